The number of hydrogen-bond acceptors (Lipinski definition) is 3. The first-order chi connectivity index (χ1) is 11.9. The van der Waals surface area contributed by atoms with E-state index in [1.807, 2.05) is 6.92 Å². The lowest BCUT2D eigenvalue weighted by molar-refractivity contribution is -0.122. The molecule has 1 atom stereocenters. The van der Waals surface area contributed by atoms with E-state index >= 15 is 0 Å². The van der Waals surface area contributed by atoms with Gasteiger partial charge in [0.2, 0.25) is 0 Å². The maximum absolute atomic E-state index is 12.4. The number of nitrogens with one attached hydrogen (secondary N) is 2. The second-order valence-corrected chi connectivity index (χ2v) is 6.07. The fraction of sp³-hybridized carbons (Fsp3) is 0.222. The highest BCUT2D eigenvalue weighted by atomic mass is 35.5. The molecule has 2 amide bonds. The normalized spacial score (nSPS) is 11.5. The molecule has 2 N–H and O–H groups in total. The van der Waals surface area contributed by atoms with Crippen molar-refractivity contribution in [2.75, 3.05) is 11.9 Å². The molecule has 2 aromatic rings. The molecule has 0 heterocycles. The van der Waals surface area contributed by atoms with Crippen molar-refractivity contribution in [2.24, 2.45) is 0 Å². The summed E-state index contributed by atoms with van der Waals surface area (Å²) < 4.78 is 5.58. The van der Waals surface area contributed by atoms with E-state index in [-0.39, 0.29) is 5.91 Å². The van der Waals surface area contributed by atoms with Gasteiger partial charge in [-0.05, 0) is 44.2 Å². The Labute approximate surface area is 156 Å². The third kappa shape index (κ3) is 5.11. The molecule has 2 rings (SSSR count). The first-order valence-electron chi connectivity index (χ1n) is 7.72. The van der Waals surface area contributed by atoms with Crippen molar-refractivity contribution in [1.29, 1.82) is 0 Å². The summed E-state index contributed by atoms with van der Waals surface area (Å²) >= 11 is 11.9. The average molecular weight is 381 g/mol. The van der Waals surface area contributed by atoms with Gasteiger partial charge in [0.25, 0.3) is 11.8 Å². The molecule has 0 bridgehead atoms. The molecule has 0 saturated heterocycles. The van der Waals surface area contributed by atoms with Crippen LogP contribution < -0.4 is 15.4 Å². The van der Waals surface area contributed by atoms with E-state index in [1.165, 1.54) is 6.07 Å². The molecule has 0 aliphatic heterocycles. The van der Waals surface area contributed by atoms with Gasteiger partial charge >= 0.3 is 0 Å². The average Bonchev–Trinajstić information content (AvgIpc) is 2.58. The van der Waals surface area contributed by atoms with Crippen LogP contribution in [0.15, 0.2) is 42.5 Å². The number of anilines is 1. The van der Waals surface area contributed by atoms with E-state index in [0.29, 0.717) is 33.6 Å². The van der Waals surface area contributed by atoms with Crippen LogP contribution in [0.2, 0.25) is 10.0 Å². The van der Waals surface area contributed by atoms with E-state index in [0.717, 1.165) is 0 Å². The van der Waals surface area contributed by atoms with Crippen LogP contribution >= 0.6 is 23.2 Å². The molecular weight excluding hydrogens is 363 g/mol. The molecule has 0 aliphatic carbocycles. The number of halogens is 2. The lowest BCUT2D eigenvalue weighted by Crippen LogP contribution is -2.31. The van der Waals surface area contributed by atoms with E-state index in [4.69, 9.17) is 27.9 Å². The number of ether oxygens (including phenoxy) is 1. The van der Waals surface area contributed by atoms with Crippen LogP contribution in [-0.2, 0) is 4.79 Å². The molecule has 0 aromatic heterocycles. The summed E-state index contributed by atoms with van der Waals surface area (Å²) in [7, 11) is 0. The summed E-state index contributed by atoms with van der Waals surface area (Å²) in [5.41, 5.74) is 0.797. The number of amides is 2. The molecule has 5 nitrogen and oxygen atoms in total. The fourth-order valence-corrected chi connectivity index (χ4v) is 2.55. The smallest absolute Gasteiger partial charge is 0.265 e. The maximum atomic E-state index is 12.4. The summed E-state index contributed by atoms with van der Waals surface area (Å²) in [4.78, 5) is 24.5. The number of carbonyl (C=O) groups is 2. The van der Waals surface area contributed by atoms with Crippen LogP contribution in [-0.4, -0.2) is 24.5 Å². The highest BCUT2D eigenvalue weighted by Gasteiger charge is 2.19. The van der Waals surface area contributed by atoms with Gasteiger partial charge in [0, 0.05) is 11.6 Å². The Morgan fingerprint density at radius 3 is 2.56 bits per heavy atom. The van der Waals surface area contributed by atoms with Crippen molar-refractivity contribution in [1.82, 2.24) is 5.32 Å². The number of para-hydroxylation sites is 1. The Kier molecular flexibility index (Phi) is 6.67. The summed E-state index contributed by atoms with van der Waals surface area (Å²) in [6.45, 7) is 3.91. The Bertz CT molecular complexity index is 781. The molecule has 0 aliphatic rings. The minimum absolute atomic E-state index is 0.257. The first kappa shape index (κ1) is 19.1. The standard InChI is InChI=1S/C18H18Cl2N2O3/c1-3-21-18(24)13-6-4-5-7-15(13)22-17(23)11(2)25-16-9-8-12(19)10-14(16)20/h4-11H,3H2,1-2H3,(H,21,24)(H,22,23). The van der Waals surface area contributed by atoms with Crippen molar-refractivity contribution in [2.45, 2.75) is 20.0 Å². The summed E-state index contributed by atoms with van der Waals surface area (Å²) in [6.07, 6.45) is -0.819. The molecule has 25 heavy (non-hydrogen) atoms. The van der Waals surface area contributed by atoms with Crippen LogP contribution in [0.1, 0.15) is 24.2 Å². The zero-order valence-electron chi connectivity index (χ0n) is 13.8. The second kappa shape index (κ2) is 8.74. The monoisotopic (exact) mass is 380 g/mol. The third-order valence-corrected chi connectivity index (χ3v) is 3.86. The number of benzene rings is 2. The van der Waals surface area contributed by atoms with Crippen LogP contribution in [0.25, 0.3) is 0 Å². The van der Waals surface area contributed by atoms with Crippen molar-refractivity contribution in [3.05, 3.63) is 58.1 Å². The van der Waals surface area contributed by atoms with Crippen molar-refractivity contribution >= 4 is 40.7 Å². The molecule has 0 fully saturated rings. The van der Waals surface area contributed by atoms with Gasteiger partial charge in [-0.25, -0.2) is 0 Å². The lowest BCUT2D eigenvalue weighted by Gasteiger charge is -2.17. The van der Waals surface area contributed by atoms with Gasteiger partial charge in [0.05, 0.1) is 16.3 Å². The molecule has 2 aromatic carbocycles. The van der Waals surface area contributed by atoms with Crippen LogP contribution in [0.5, 0.6) is 5.75 Å². The van der Waals surface area contributed by atoms with Gasteiger partial charge in [0.15, 0.2) is 6.10 Å². The number of hydrogen-bond donors (Lipinski definition) is 2. The van der Waals surface area contributed by atoms with Gasteiger partial charge in [-0.15, -0.1) is 0 Å². The van der Waals surface area contributed by atoms with E-state index in [2.05, 4.69) is 10.6 Å². The molecule has 0 radical (unpaired) electrons. The third-order valence-electron chi connectivity index (χ3n) is 3.33. The van der Waals surface area contributed by atoms with E-state index in [1.54, 1.807) is 43.3 Å². The summed E-state index contributed by atoms with van der Waals surface area (Å²) in [5, 5.41) is 6.20. The Morgan fingerprint density at radius 2 is 1.88 bits per heavy atom. The van der Waals surface area contributed by atoms with Gasteiger partial charge in [-0.2, -0.15) is 0 Å². The zero-order chi connectivity index (χ0) is 18.4. The largest absolute Gasteiger partial charge is 0.479 e. The molecular formula is C18H18Cl2N2O3. The molecule has 7 heteroatoms. The van der Waals surface area contributed by atoms with Crippen LogP contribution in [0, 0.1) is 0 Å². The van der Waals surface area contributed by atoms with Gasteiger partial charge in [-0.1, -0.05) is 35.3 Å². The van der Waals surface area contributed by atoms with Crippen LogP contribution in [0.3, 0.4) is 0 Å². The van der Waals surface area contributed by atoms with Crippen LogP contribution in [0.4, 0.5) is 5.69 Å². The maximum Gasteiger partial charge on any atom is 0.265 e. The molecule has 1 unspecified atom stereocenters. The Balaban J connectivity index is 2.10. The Hall–Kier alpha value is -2.24. The predicted molar refractivity (Wildman–Crippen MR) is 99.6 cm³/mol. The highest BCUT2D eigenvalue weighted by Crippen LogP contribution is 2.28. The van der Waals surface area contributed by atoms with Gasteiger partial charge in [-0.3, -0.25) is 9.59 Å². The zero-order valence-corrected chi connectivity index (χ0v) is 15.3. The summed E-state index contributed by atoms with van der Waals surface area (Å²) in [6, 6.07) is 11.5. The van der Waals surface area contributed by atoms with Crippen molar-refractivity contribution < 1.29 is 14.3 Å². The van der Waals surface area contributed by atoms with E-state index in [9.17, 15) is 9.59 Å². The van der Waals surface area contributed by atoms with Crippen molar-refractivity contribution in [3.63, 3.8) is 0 Å². The van der Waals surface area contributed by atoms with Crippen molar-refractivity contribution in [3.8, 4) is 5.75 Å². The molecule has 132 valence electrons. The molecule has 0 spiro atoms. The minimum atomic E-state index is -0.819. The predicted octanol–water partition coefficient (Wildman–Crippen LogP) is 4.15. The summed E-state index contributed by atoms with van der Waals surface area (Å²) in [5.74, 6) is -0.304. The topological polar surface area (TPSA) is 67.4 Å². The second-order valence-electron chi connectivity index (χ2n) is 5.23. The molecule has 0 saturated carbocycles. The SMILES string of the molecule is CCNC(=O)c1ccccc1NC(=O)C(C)Oc1ccc(Cl)cc1Cl. The lowest BCUT2D eigenvalue weighted by atomic mass is 10.1. The van der Waals surface area contributed by atoms with Gasteiger partial charge < -0.3 is 15.4 Å². The Morgan fingerprint density at radius 1 is 1.16 bits per heavy atom. The van der Waals surface area contributed by atoms with Gasteiger partial charge in [0.1, 0.15) is 5.75 Å². The van der Waals surface area contributed by atoms with E-state index < -0.39 is 12.0 Å². The minimum Gasteiger partial charge on any atom is -0.479 e. The number of carbonyl (C=O) groups excluding carboxylic acids is 2. The highest BCUT2D eigenvalue weighted by molar-refractivity contribution is 6.35. The fourth-order valence-electron chi connectivity index (χ4n) is 2.10. The quantitative estimate of drug-likeness (QED) is 0.790. The first-order valence-corrected chi connectivity index (χ1v) is 8.47. The number of rotatable bonds is 6.